The SMILES string of the molecule is CCCNc1nc(C2CC2)nc(N(C)CC(=O)NC)c1C. The molecule has 2 rings (SSSR count). The number of nitrogens with one attached hydrogen (secondary N) is 2. The smallest absolute Gasteiger partial charge is 0.239 e. The van der Waals surface area contributed by atoms with Crippen molar-refractivity contribution in [3.8, 4) is 0 Å². The molecule has 0 radical (unpaired) electrons. The number of likely N-dealkylation sites (N-methyl/N-ethyl adjacent to an activating group) is 2. The summed E-state index contributed by atoms with van der Waals surface area (Å²) in [4.78, 5) is 22.8. The summed E-state index contributed by atoms with van der Waals surface area (Å²) in [5, 5.41) is 6.01. The number of anilines is 2. The third-order valence-corrected chi connectivity index (χ3v) is 3.64. The Morgan fingerprint density at radius 2 is 2.10 bits per heavy atom. The third kappa shape index (κ3) is 3.83. The molecular formula is C15H25N5O. The largest absolute Gasteiger partial charge is 0.370 e. The first-order chi connectivity index (χ1) is 10.1. The van der Waals surface area contributed by atoms with E-state index in [2.05, 4.69) is 27.5 Å². The fourth-order valence-electron chi connectivity index (χ4n) is 2.20. The highest BCUT2D eigenvalue weighted by Gasteiger charge is 2.28. The Kier molecular flexibility index (Phi) is 4.98. The Morgan fingerprint density at radius 3 is 2.67 bits per heavy atom. The summed E-state index contributed by atoms with van der Waals surface area (Å²) in [5.74, 6) is 3.10. The van der Waals surface area contributed by atoms with Crippen LogP contribution in [-0.2, 0) is 4.79 Å². The van der Waals surface area contributed by atoms with Gasteiger partial charge in [-0.05, 0) is 26.2 Å². The van der Waals surface area contributed by atoms with Crippen molar-refractivity contribution in [2.24, 2.45) is 0 Å². The second kappa shape index (κ2) is 6.74. The van der Waals surface area contributed by atoms with E-state index in [-0.39, 0.29) is 5.91 Å². The van der Waals surface area contributed by atoms with Gasteiger partial charge >= 0.3 is 0 Å². The Hall–Kier alpha value is -1.85. The second-order valence-electron chi connectivity index (χ2n) is 5.61. The fraction of sp³-hybridized carbons (Fsp3) is 0.667. The first kappa shape index (κ1) is 15.5. The van der Waals surface area contributed by atoms with Crippen LogP contribution in [-0.4, -0.2) is 43.1 Å². The molecule has 1 saturated carbocycles. The summed E-state index contributed by atoms with van der Waals surface area (Å²) in [6, 6.07) is 0. The van der Waals surface area contributed by atoms with Crippen molar-refractivity contribution in [2.45, 2.75) is 39.0 Å². The van der Waals surface area contributed by atoms with Crippen LogP contribution in [0.4, 0.5) is 11.6 Å². The zero-order chi connectivity index (χ0) is 15.4. The predicted octanol–water partition coefficient (Wildman–Crippen LogP) is 1.67. The van der Waals surface area contributed by atoms with Crippen molar-refractivity contribution in [1.82, 2.24) is 15.3 Å². The van der Waals surface area contributed by atoms with Gasteiger partial charge in [0.1, 0.15) is 17.5 Å². The lowest BCUT2D eigenvalue weighted by molar-refractivity contribution is -0.119. The van der Waals surface area contributed by atoms with Crippen molar-refractivity contribution in [2.75, 3.05) is 37.4 Å². The molecule has 0 atom stereocenters. The van der Waals surface area contributed by atoms with Gasteiger partial charge in [0.2, 0.25) is 5.91 Å². The minimum absolute atomic E-state index is 0.0217. The number of rotatable bonds is 7. The Bertz CT molecular complexity index is 513. The molecule has 0 aliphatic heterocycles. The summed E-state index contributed by atoms with van der Waals surface area (Å²) in [7, 11) is 3.54. The maximum atomic E-state index is 11.6. The standard InChI is InChI=1S/C15H25N5O/c1-5-8-17-13-10(2)15(20(4)9-12(21)16-3)19-14(18-13)11-6-7-11/h11H,5-9H2,1-4H3,(H,16,21)(H,17,18,19). The molecule has 116 valence electrons. The highest BCUT2D eigenvalue weighted by molar-refractivity contribution is 5.81. The minimum atomic E-state index is -0.0217. The zero-order valence-corrected chi connectivity index (χ0v) is 13.4. The summed E-state index contributed by atoms with van der Waals surface area (Å²) in [6.07, 6.45) is 3.37. The van der Waals surface area contributed by atoms with E-state index in [9.17, 15) is 4.79 Å². The maximum Gasteiger partial charge on any atom is 0.239 e. The van der Waals surface area contributed by atoms with Gasteiger partial charge < -0.3 is 15.5 Å². The molecule has 0 unspecified atom stereocenters. The molecule has 1 aromatic rings. The van der Waals surface area contributed by atoms with Gasteiger partial charge in [0, 0.05) is 32.1 Å². The Balaban J connectivity index is 2.28. The number of nitrogens with zero attached hydrogens (tertiary/aromatic N) is 3. The van der Waals surface area contributed by atoms with Crippen molar-refractivity contribution < 1.29 is 4.79 Å². The number of amides is 1. The molecule has 1 aliphatic carbocycles. The molecule has 21 heavy (non-hydrogen) atoms. The maximum absolute atomic E-state index is 11.6. The van der Waals surface area contributed by atoms with Gasteiger partial charge in [-0.1, -0.05) is 6.92 Å². The molecular weight excluding hydrogens is 266 g/mol. The van der Waals surface area contributed by atoms with Gasteiger partial charge in [-0.3, -0.25) is 4.79 Å². The van der Waals surface area contributed by atoms with Crippen LogP contribution >= 0.6 is 0 Å². The van der Waals surface area contributed by atoms with E-state index in [1.807, 2.05) is 18.9 Å². The predicted molar refractivity (Wildman–Crippen MR) is 84.9 cm³/mol. The molecule has 2 N–H and O–H groups in total. The Labute approximate surface area is 126 Å². The highest BCUT2D eigenvalue weighted by atomic mass is 16.1. The van der Waals surface area contributed by atoms with Gasteiger partial charge in [-0.25, -0.2) is 9.97 Å². The van der Waals surface area contributed by atoms with E-state index in [4.69, 9.17) is 0 Å². The number of carbonyl (C=O) groups excluding carboxylic acids is 1. The van der Waals surface area contributed by atoms with Gasteiger partial charge in [0.15, 0.2) is 0 Å². The minimum Gasteiger partial charge on any atom is -0.370 e. The topological polar surface area (TPSA) is 70.2 Å². The van der Waals surface area contributed by atoms with E-state index in [0.29, 0.717) is 12.5 Å². The summed E-state index contributed by atoms with van der Waals surface area (Å²) in [5.41, 5.74) is 0.999. The normalized spacial score (nSPS) is 13.9. The van der Waals surface area contributed by atoms with Gasteiger partial charge in [-0.2, -0.15) is 0 Å². The highest BCUT2D eigenvalue weighted by Crippen LogP contribution is 2.39. The molecule has 1 aromatic heterocycles. The Morgan fingerprint density at radius 1 is 1.38 bits per heavy atom. The number of aromatic nitrogens is 2. The van der Waals surface area contributed by atoms with Gasteiger partial charge in [0.05, 0.1) is 6.54 Å². The zero-order valence-electron chi connectivity index (χ0n) is 13.4. The van der Waals surface area contributed by atoms with Crippen molar-refractivity contribution >= 4 is 17.5 Å². The molecule has 6 heteroatoms. The van der Waals surface area contributed by atoms with E-state index in [1.165, 1.54) is 0 Å². The van der Waals surface area contributed by atoms with E-state index in [1.54, 1.807) is 7.05 Å². The van der Waals surface area contributed by atoms with E-state index < -0.39 is 0 Å². The molecule has 6 nitrogen and oxygen atoms in total. The molecule has 1 fully saturated rings. The van der Waals surface area contributed by atoms with Crippen LogP contribution < -0.4 is 15.5 Å². The van der Waals surface area contributed by atoms with Crippen LogP contribution in [0.2, 0.25) is 0 Å². The van der Waals surface area contributed by atoms with Crippen LogP contribution in [0.25, 0.3) is 0 Å². The quantitative estimate of drug-likeness (QED) is 0.799. The molecule has 0 saturated heterocycles. The first-order valence-corrected chi connectivity index (χ1v) is 7.60. The number of hydrogen-bond donors (Lipinski definition) is 2. The molecule has 1 heterocycles. The van der Waals surface area contributed by atoms with Crippen LogP contribution in [0.15, 0.2) is 0 Å². The number of carbonyl (C=O) groups is 1. The summed E-state index contributed by atoms with van der Waals surface area (Å²) in [6.45, 7) is 5.32. The first-order valence-electron chi connectivity index (χ1n) is 7.60. The van der Waals surface area contributed by atoms with Crippen molar-refractivity contribution in [3.63, 3.8) is 0 Å². The van der Waals surface area contributed by atoms with E-state index >= 15 is 0 Å². The fourth-order valence-corrected chi connectivity index (χ4v) is 2.20. The van der Waals surface area contributed by atoms with Crippen molar-refractivity contribution in [1.29, 1.82) is 0 Å². The van der Waals surface area contributed by atoms with Crippen LogP contribution in [0.3, 0.4) is 0 Å². The van der Waals surface area contributed by atoms with Crippen LogP contribution in [0, 0.1) is 6.92 Å². The molecule has 0 bridgehead atoms. The third-order valence-electron chi connectivity index (χ3n) is 3.64. The molecule has 1 aliphatic rings. The summed E-state index contributed by atoms with van der Waals surface area (Å²) >= 11 is 0. The van der Waals surface area contributed by atoms with Gasteiger partial charge in [0.25, 0.3) is 0 Å². The lowest BCUT2D eigenvalue weighted by Gasteiger charge is -2.22. The lowest BCUT2D eigenvalue weighted by atomic mass is 10.2. The molecule has 0 spiro atoms. The van der Waals surface area contributed by atoms with Gasteiger partial charge in [-0.15, -0.1) is 0 Å². The second-order valence-corrected chi connectivity index (χ2v) is 5.61. The average molecular weight is 291 g/mol. The lowest BCUT2D eigenvalue weighted by Crippen LogP contribution is -2.34. The average Bonchev–Trinajstić information content (AvgIpc) is 3.30. The monoisotopic (exact) mass is 291 g/mol. The van der Waals surface area contributed by atoms with Crippen molar-refractivity contribution in [3.05, 3.63) is 11.4 Å². The van der Waals surface area contributed by atoms with Crippen LogP contribution in [0.1, 0.15) is 43.5 Å². The molecule has 1 amide bonds. The molecule has 0 aromatic carbocycles. The summed E-state index contributed by atoms with van der Waals surface area (Å²) < 4.78 is 0. The van der Waals surface area contributed by atoms with E-state index in [0.717, 1.165) is 48.8 Å². The number of hydrogen-bond acceptors (Lipinski definition) is 5. The van der Waals surface area contributed by atoms with Crippen LogP contribution in [0.5, 0.6) is 0 Å².